The van der Waals surface area contributed by atoms with Gasteiger partial charge in [0.2, 0.25) is 0 Å². The summed E-state index contributed by atoms with van der Waals surface area (Å²) in [6.07, 6.45) is 0. The number of aromatic nitrogens is 3. The first kappa shape index (κ1) is 31.9. The summed E-state index contributed by atoms with van der Waals surface area (Å²) in [5.74, 6) is 1.96. The van der Waals surface area contributed by atoms with Crippen molar-refractivity contribution in [3.8, 4) is 56.4 Å². The fourth-order valence-corrected chi connectivity index (χ4v) is 9.32. The van der Waals surface area contributed by atoms with E-state index in [-0.39, 0.29) is 0 Å². The van der Waals surface area contributed by atoms with Gasteiger partial charge in [-0.2, -0.15) is 0 Å². The van der Waals surface area contributed by atoms with Gasteiger partial charge >= 0.3 is 0 Å². The van der Waals surface area contributed by atoms with Crippen molar-refractivity contribution >= 4 is 75.4 Å². The molecule has 0 saturated heterocycles. The summed E-state index contributed by atoms with van der Waals surface area (Å²) in [5.41, 5.74) is 10.9. The van der Waals surface area contributed by atoms with Gasteiger partial charge in [0.1, 0.15) is 22.3 Å². The molecule has 0 aliphatic carbocycles. The number of para-hydroxylation sites is 1. The maximum Gasteiger partial charge on any atom is 0.165 e. The Morgan fingerprint density at radius 1 is 0.316 bits per heavy atom. The molecule has 12 rings (SSSR count). The summed E-state index contributed by atoms with van der Waals surface area (Å²) in [7, 11) is 0. The first-order chi connectivity index (χ1) is 28.2. The minimum atomic E-state index is 0.641. The molecule has 4 heterocycles. The number of furan rings is 2. The molecule has 6 heteroatoms. The predicted molar refractivity (Wildman–Crippen MR) is 234 cm³/mol. The Kier molecular flexibility index (Phi) is 7.03. The zero-order valence-corrected chi connectivity index (χ0v) is 31.1. The number of thiophene rings is 1. The lowest BCUT2D eigenvalue weighted by Gasteiger charge is -2.10. The van der Waals surface area contributed by atoms with E-state index in [1.54, 1.807) is 11.3 Å². The van der Waals surface area contributed by atoms with Gasteiger partial charge in [0, 0.05) is 58.4 Å². The van der Waals surface area contributed by atoms with E-state index in [9.17, 15) is 0 Å². The Morgan fingerprint density at radius 3 is 1.56 bits per heavy atom. The molecule has 0 atom stereocenters. The standard InChI is InChI=1S/C51H29N3O2S/c1-2-9-33(10-3-1)49-52-50(54-51(53-49)39-14-8-13-38-37-12-5-7-16-47(37)57-48(38)39)34-23-21-31(22-24-34)30-17-19-32(20-18-30)35-25-26-44-40(27-35)42-29-45-41(28-46(42)56-44)36-11-4-6-15-43(36)55-45/h1-29H. The van der Waals surface area contributed by atoms with Gasteiger partial charge in [-0.05, 0) is 64.7 Å². The highest BCUT2D eigenvalue weighted by molar-refractivity contribution is 7.26. The molecular weight excluding hydrogens is 719 g/mol. The van der Waals surface area contributed by atoms with E-state index in [0.717, 1.165) is 82.8 Å². The molecule has 0 unspecified atom stereocenters. The first-order valence-corrected chi connectivity index (χ1v) is 19.7. The van der Waals surface area contributed by atoms with Crippen LogP contribution in [0.15, 0.2) is 185 Å². The zero-order valence-electron chi connectivity index (χ0n) is 30.3. The van der Waals surface area contributed by atoms with Gasteiger partial charge < -0.3 is 8.83 Å². The molecule has 5 nitrogen and oxygen atoms in total. The van der Waals surface area contributed by atoms with Crippen LogP contribution in [0.3, 0.4) is 0 Å². The third-order valence-electron chi connectivity index (χ3n) is 11.0. The lowest BCUT2D eigenvalue weighted by molar-refractivity contribution is 0.664. The van der Waals surface area contributed by atoms with E-state index in [2.05, 4.69) is 127 Å². The highest BCUT2D eigenvalue weighted by Gasteiger charge is 2.18. The van der Waals surface area contributed by atoms with Crippen molar-refractivity contribution in [1.29, 1.82) is 0 Å². The van der Waals surface area contributed by atoms with Crippen molar-refractivity contribution in [2.75, 3.05) is 0 Å². The number of hydrogen-bond donors (Lipinski definition) is 0. The van der Waals surface area contributed by atoms with Crippen LogP contribution in [0.2, 0.25) is 0 Å². The molecule has 0 fully saturated rings. The Balaban J connectivity index is 0.880. The maximum atomic E-state index is 6.32. The molecule has 0 bridgehead atoms. The van der Waals surface area contributed by atoms with Crippen LogP contribution in [0.5, 0.6) is 0 Å². The lowest BCUT2D eigenvalue weighted by Crippen LogP contribution is -2.00. The van der Waals surface area contributed by atoms with Gasteiger partial charge in [-0.3, -0.25) is 0 Å². The predicted octanol–water partition coefficient (Wildman–Crippen LogP) is 14.4. The highest BCUT2D eigenvalue weighted by atomic mass is 32.1. The van der Waals surface area contributed by atoms with Crippen LogP contribution in [-0.2, 0) is 0 Å². The van der Waals surface area contributed by atoms with E-state index in [1.165, 1.54) is 20.2 Å². The van der Waals surface area contributed by atoms with Crippen molar-refractivity contribution in [1.82, 2.24) is 15.0 Å². The molecule has 0 aliphatic rings. The van der Waals surface area contributed by atoms with Crippen LogP contribution in [-0.4, -0.2) is 15.0 Å². The fraction of sp³-hybridized carbons (Fsp3) is 0. The molecule has 266 valence electrons. The second-order valence-corrected chi connectivity index (χ2v) is 15.4. The second-order valence-electron chi connectivity index (χ2n) is 14.4. The van der Waals surface area contributed by atoms with Gasteiger partial charge in [-0.1, -0.05) is 133 Å². The van der Waals surface area contributed by atoms with Crippen LogP contribution in [0, 0.1) is 0 Å². The van der Waals surface area contributed by atoms with E-state index in [0.29, 0.717) is 17.5 Å². The van der Waals surface area contributed by atoms with Crippen molar-refractivity contribution in [2.45, 2.75) is 0 Å². The van der Waals surface area contributed by atoms with Crippen molar-refractivity contribution in [3.63, 3.8) is 0 Å². The minimum absolute atomic E-state index is 0.641. The Hall–Kier alpha value is -7.41. The summed E-state index contributed by atoms with van der Waals surface area (Å²) in [6.45, 7) is 0. The Morgan fingerprint density at radius 2 is 0.825 bits per heavy atom. The molecule has 0 saturated carbocycles. The normalized spacial score (nSPS) is 11.9. The quantitative estimate of drug-likeness (QED) is 0.175. The molecule has 0 spiro atoms. The molecule has 12 aromatic rings. The van der Waals surface area contributed by atoms with Gasteiger partial charge in [0.25, 0.3) is 0 Å². The average Bonchev–Trinajstić information content (AvgIpc) is 3.96. The van der Waals surface area contributed by atoms with Crippen LogP contribution < -0.4 is 0 Å². The lowest BCUT2D eigenvalue weighted by atomic mass is 9.98. The molecule has 0 amide bonds. The van der Waals surface area contributed by atoms with Crippen LogP contribution in [0.4, 0.5) is 0 Å². The number of nitrogens with zero attached hydrogens (tertiary/aromatic N) is 3. The smallest absolute Gasteiger partial charge is 0.165 e. The third kappa shape index (κ3) is 5.26. The van der Waals surface area contributed by atoms with Gasteiger partial charge in [-0.25, -0.2) is 15.0 Å². The summed E-state index contributed by atoms with van der Waals surface area (Å²) in [5, 5.41) is 6.75. The van der Waals surface area contributed by atoms with E-state index in [1.807, 2.05) is 48.5 Å². The Bertz CT molecular complexity index is 3510. The molecule has 0 N–H and O–H groups in total. The van der Waals surface area contributed by atoms with Gasteiger partial charge in [-0.15, -0.1) is 11.3 Å². The minimum Gasteiger partial charge on any atom is -0.456 e. The maximum absolute atomic E-state index is 6.32. The monoisotopic (exact) mass is 747 g/mol. The van der Waals surface area contributed by atoms with Crippen LogP contribution in [0.25, 0.3) is 120 Å². The van der Waals surface area contributed by atoms with Gasteiger partial charge in [0.15, 0.2) is 17.5 Å². The average molecular weight is 748 g/mol. The zero-order chi connectivity index (χ0) is 37.5. The number of fused-ring (bicyclic) bond motifs is 9. The largest absolute Gasteiger partial charge is 0.456 e. The van der Waals surface area contributed by atoms with Crippen LogP contribution in [0.1, 0.15) is 0 Å². The third-order valence-corrected chi connectivity index (χ3v) is 12.2. The molecule has 0 aliphatic heterocycles. The summed E-state index contributed by atoms with van der Waals surface area (Å²) < 4.78 is 14.9. The van der Waals surface area contributed by atoms with Gasteiger partial charge in [0.05, 0.1) is 0 Å². The number of hydrogen-bond acceptors (Lipinski definition) is 6. The van der Waals surface area contributed by atoms with Crippen molar-refractivity contribution in [3.05, 3.63) is 176 Å². The summed E-state index contributed by atoms with van der Waals surface area (Å²) in [4.78, 5) is 15.1. The molecule has 57 heavy (non-hydrogen) atoms. The summed E-state index contributed by atoms with van der Waals surface area (Å²) >= 11 is 1.78. The molecule has 4 aromatic heterocycles. The second kappa shape index (κ2) is 12.6. The van der Waals surface area contributed by atoms with Crippen molar-refractivity contribution in [2.24, 2.45) is 0 Å². The topological polar surface area (TPSA) is 65.0 Å². The molecule has 8 aromatic carbocycles. The van der Waals surface area contributed by atoms with Crippen LogP contribution >= 0.6 is 11.3 Å². The van der Waals surface area contributed by atoms with E-state index >= 15 is 0 Å². The number of rotatable bonds is 5. The molecular formula is C51H29N3O2S. The summed E-state index contributed by atoms with van der Waals surface area (Å²) in [6, 6.07) is 61.1. The Labute approximate surface area is 330 Å². The van der Waals surface area contributed by atoms with Crippen molar-refractivity contribution < 1.29 is 8.83 Å². The highest BCUT2D eigenvalue weighted by Crippen LogP contribution is 2.41. The SMILES string of the molecule is c1ccc(-c2nc(-c3ccc(-c4ccc(-c5ccc6oc7cc8c(cc7c6c5)oc5ccccc58)cc4)cc3)nc(-c3cccc4c3sc3ccccc34)n2)cc1. The van der Waals surface area contributed by atoms with E-state index < -0.39 is 0 Å². The first-order valence-electron chi connectivity index (χ1n) is 18.9. The number of benzene rings is 8. The molecule has 0 radical (unpaired) electrons. The van der Waals surface area contributed by atoms with E-state index in [4.69, 9.17) is 23.8 Å². The fourth-order valence-electron chi connectivity index (χ4n) is 8.11.